The van der Waals surface area contributed by atoms with Gasteiger partial charge in [-0.3, -0.25) is 0 Å². The Hall–Kier alpha value is -3.62. The summed E-state index contributed by atoms with van der Waals surface area (Å²) in [5, 5.41) is 20.1. The molecule has 0 spiro atoms. The van der Waals surface area contributed by atoms with Crippen LogP contribution in [0.1, 0.15) is 58.1 Å². The monoisotopic (exact) mass is 554 g/mol. The molecule has 2 aromatic carbocycles. The van der Waals surface area contributed by atoms with E-state index in [1.807, 2.05) is 48.5 Å². The largest absolute Gasteiger partial charge is 0.491 e. The number of rotatable bonds is 17. The minimum atomic E-state index is -0.953. The highest BCUT2D eigenvalue weighted by atomic mass is 16.6. The van der Waals surface area contributed by atoms with E-state index in [2.05, 4.69) is 27.0 Å². The smallest absolute Gasteiger partial charge is 0.333 e. The van der Waals surface area contributed by atoms with Gasteiger partial charge in [0.1, 0.15) is 50.1 Å². The SMILES string of the molecule is C=C(C)C(=O)OCC(O)COc1ccc(C(C)(CCCC)c2ccc(OCC(O)COC(=O)C(=C)C)cc2)cc1. The summed E-state index contributed by atoms with van der Waals surface area (Å²) >= 11 is 0. The number of carbonyl (C=O) groups is 2. The first-order chi connectivity index (χ1) is 19.0. The van der Waals surface area contributed by atoms with Gasteiger partial charge in [0, 0.05) is 16.6 Å². The summed E-state index contributed by atoms with van der Waals surface area (Å²) in [5.74, 6) is 0.105. The van der Waals surface area contributed by atoms with Crippen molar-refractivity contribution < 1.29 is 38.7 Å². The molecule has 0 radical (unpaired) electrons. The third-order valence-electron chi connectivity index (χ3n) is 6.41. The van der Waals surface area contributed by atoms with Crippen LogP contribution in [0.15, 0.2) is 72.8 Å². The maximum atomic E-state index is 11.5. The highest BCUT2D eigenvalue weighted by molar-refractivity contribution is 5.87. The Labute approximate surface area is 237 Å². The fourth-order valence-corrected chi connectivity index (χ4v) is 3.89. The Morgan fingerprint density at radius 3 is 1.45 bits per heavy atom. The van der Waals surface area contributed by atoms with Crippen LogP contribution in [-0.2, 0) is 24.5 Å². The molecule has 2 unspecified atom stereocenters. The summed E-state index contributed by atoms with van der Waals surface area (Å²) in [5.41, 5.74) is 2.52. The van der Waals surface area contributed by atoms with Crippen molar-refractivity contribution >= 4 is 11.9 Å². The van der Waals surface area contributed by atoms with Crippen molar-refractivity contribution in [3.05, 3.63) is 84.0 Å². The number of benzene rings is 2. The molecule has 0 fully saturated rings. The number of unbranched alkanes of at least 4 members (excludes halogenated alkanes) is 1. The highest BCUT2D eigenvalue weighted by Gasteiger charge is 2.28. The number of hydrogen-bond donors (Lipinski definition) is 2. The first kappa shape index (κ1) is 32.6. The molecule has 2 N–H and O–H groups in total. The quantitative estimate of drug-likeness (QED) is 0.210. The second kappa shape index (κ2) is 15.8. The first-order valence-corrected chi connectivity index (χ1v) is 13.4. The van der Waals surface area contributed by atoms with Crippen molar-refractivity contribution in [2.75, 3.05) is 26.4 Å². The number of aliphatic hydroxyl groups excluding tert-OH is 2. The van der Waals surface area contributed by atoms with Gasteiger partial charge in [-0.25, -0.2) is 9.59 Å². The Bertz CT molecular complexity index is 1040. The number of carbonyl (C=O) groups excluding carboxylic acids is 2. The lowest BCUT2D eigenvalue weighted by Crippen LogP contribution is -2.26. The lowest BCUT2D eigenvalue weighted by molar-refractivity contribution is -0.143. The van der Waals surface area contributed by atoms with Crippen LogP contribution in [0, 0.1) is 0 Å². The molecule has 2 aromatic rings. The van der Waals surface area contributed by atoms with Crippen molar-refractivity contribution in [1.29, 1.82) is 0 Å². The third kappa shape index (κ3) is 10.2. The minimum Gasteiger partial charge on any atom is -0.491 e. The van der Waals surface area contributed by atoms with Crippen LogP contribution in [0.5, 0.6) is 11.5 Å². The molecule has 0 aliphatic rings. The van der Waals surface area contributed by atoms with Crippen LogP contribution in [0.25, 0.3) is 0 Å². The van der Waals surface area contributed by atoms with Crippen molar-refractivity contribution in [3.63, 3.8) is 0 Å². The van der Waals surface area contributed by atoms with E-state index in [-0.39, 0.29) is 43.0 Å². The van der Waals surface area contributed by atoms with Crippen LogP contribution in [-0.4, -0.2) is 60.8 Å². The topological polar surface area (TPSA) is 112 Å². The molecule has 0 aromatic heterocycles. The molecule has 8 heteroatoms. The van der Waals surface area contributed by atoms with E-state index >= 15 is 0 Å². The lowest BCUT2D eigenvalue weighted by Gasteiger charge is -2.31. The van der Waals surface area contributed by atoms with Crippen LogP contribution >= 0.6 is 0 Å². The third-order valence-corrected chi connectivity index (χ3v) is 6.41. The average Bonchev–Trinajstić information content (AvgIpc) is 2.95. The Kier molecular flexibility index (Phi) is 12.9. The van der Waals surface area contributed by atoms with Gasteiger partial charge in [-0.05, 0) is 55.7 Å². The number of hydrogen-bond acceptors (Lipinski definition) is 8. The second-order valence-corrected chi connectivity index (χ2v) is 10.2. The molecule has 0 saturated carbocycles. The van der Waals surface area contributed by atoms with Crippen LogP contribution in [0.4, 0.5) is 0 Å². The molecule has 0 aliphatic carbocycles. The summed E-state index contributed by atoms with van der Waals surface area (Å²) in [6.45, 7) is 14.1. The number of aliphatic hydroxyl groups is 2. The highest BCUT2D eigenvalue weighted by Crippen LogP contribution is 2.38. The molecule has 0 amide bonds. The van der Waals surface area contributed by atoms with Gasteiger partial charge in [-0.2, -0.15) is 0 Å². The summed E-state index contributed by atoms with van der Waals surface area (Å²) in [4.78, 5) is 23.0. The van der Waals surface area contributed by atoms with Crippen LogP contribution in [0.3, 0.4) is 0 Å². The van der Waals surface area contributed by atoms with Gasteiger partial charge in [-0.1, -0.05) is 64.1 Å². The molecule has 0 bridgehead atoms. The van der Waals surface area contributed by atoms with Crippen molar-refractivity contribution in [1.82, 2.24) is 0 Å². The second-order valence-electron chi connectivity index (χ2n) is 10.2. The van der Waals surface area contributed by atoms with E-state index in [0.717, 1.165) is 30.4 Å². The van der Waals surface area contributed by atoms with Crippen molar-refractivity contribution in [2.24, 2.45) is 0 Å². The van der Waals surface area contributed by atoms with E-state index < -0.39 is 24.1 Å². The van der Waals surface area contributed by atoms with E-state index in [1.54, 1.807) is 13.8 Å². The Morgan fingerprint density at radius 1 is 0.750 bits per heavy atom. The summed E-state index contributed by atoms with van der Waals surface area (Å²) < 4.78 is 21.3. The zero-order chi connectivity index (χ0) is 29.7. The maximum Gasteiger partial charge on any atom is 0.333 e. The predicted octanol–water partition coefficient (Wildman–Crippen LogP) is 4.90. The molecular formula is C32H42O8. The van der Waals surface area contributed by atoms with Gasteiger partial charge < -0.3 is 29.2 Å². The molecular weight excluding hydrogens is 512 g/mol. The lowest BCUT2D eigenvalue weighted by atomic mass is 9.73. The molecule has 0 heterocycles. The van der Waals surface area contributed by atoms with E-state index in [4.69, 9.17) is 18.9 Å². The van der Waals surface area contributed by atoms with Crippen LogP contribution < -0.4 is 9.47 Å². The zero-order valence-corrected chi connectivity index (χ0v) is 24.0. The van der Waals surface area contributed by atoms with Gasteiger partial charge in [0.15, 0.2) is 0 Å². The van der Waals surface area contributed by atoms with Crippen LogP contribution in [0.2, 0.25) is 0 Å². The van der Waals surface area contributed by atoms with E-state index in [1.165, 1.54) is 0 Å². The molecule has 0 saturated heterocycles. The number of ether oxygens (including phenoxy) is 4. The van der Waals surface area contributed by atoms with E-state index in [0.29, 0.717) is 11.5 Å². The molecule has 40 heavy (non-hydrogen) atoms. The van der Waals surface area contributed by atoms with Gasteiger partial charge >= 0.3 is 11.9 Å². The number of esters is 2. The minimum absolute atomic E-state index is 0.0115. The zero-order valence-electron chi connectivity index (χ0n) is 24.0. The van der Waals surface area contributed by atoms with Gasteiger partial charge in [-0.15, -0.1) is 0 Å². The maximum absolute atomic E-state index is 11.5. The summed E-state index contributed by atoms with van der Waals surface area (Å²) in [7, 11) is 0. The van der Waals surface area contributed by atoms with Crippen molar-refractivity contribution in [2.45, 2.75) is 64.6 Å². The Balaban J connectivity index is 2.02. The first-order valence-electron chi connectivity index (χ1n) is 13.4. The standard InChI is InChI=1S/C32H42O8/c1-7-8-17-32(6,24-9-13-28(14-10-24)37-18-26(33)20-39-30(35)22(2)3)25-11-15-29(16-12-25)38-19-27(34)21-40-31(36)23(4)5/h9-16,26-27,33-34H,2,4,7-8,17-21H2,1,3,5-6H3. The fourth-order valence-electron chi connectivity index (χ4n) is 3.89. The molecule has 2 atom stereocenters. The normalized spacial score (nSPS) is 13.8. The molecule has 0 aliphatic heterocycles. The fraction of sp³-hybridized carbons (Fsp3) is 0.438. The van der Waals surface area contributed by atoms with Gasteiger partial charge in [0.2, 0.25) is 0 Å². The molecule has 218 valence electrons. The van der Waals surface area contributed by atoms with E-state index in [9.17, 15) is 19.8 Å². The summed E-state index contributed by atoms with van der Waals surface area (Å²) in [6.07, 6.45) is 1.12. The van der Waals surface area contributed by atoms with Gasteiger partial charge in [0.05, 0.1) is 0 Å². The predicted molar refractivity (Wildman–Crippen MR) is 153 cm³/mol. The summed E-state index contributed by atoms with van der Waals surface area (Å²) in [6, 6.07) is 15.5. The van der Waals surface area contributed by atoms with Crippen molar-refractivity contribution in [3.8, 4) is 11.5 Å². The molecule has 2 rings (SSSR count). The molecule has 8 nitrogen and oxygen atoms in total. The van der Waals surface area contributed by atoms with Gasteiger partial charge in [0.25, 0.3) is 0 Å². The Morgan fingerprint density at radius 2 is 1.12 bits per heavy atom. The average molecular weight is 555 g/mol.